The van der Waals surface area contributed by atoms with Crippen molar-refractivity contribution in [1.82, 2.24) is 0 Å². The van der Waals surface area contributed by atoms with E-state index >= 15 is 0 Å². The van der Waals surface area contributed by atoms with Crippen LogP contribution in [-0.2, 0) is 11.2 Å². The number of hydrogen-bond donors (Lipinski definition) is 3. The summed E-state index contributed by atoms with van der Waals surface area (Å²) in [7, 11) is 0. The maximum atomic E-state index is 12.5. The highest BCUT2D eigenvalue weighted by atomic mass is 16.4. The Hall–Kier alpha value is -3.93. The van der Waals surface area contributed by atoms with E-state index in [0.29, 0.717) is 16.9 Å². The average molecular weight is 374 g/mol. The Bertz CT molecular complexity index is 1020. The number of nitrogens with one attached hydrogen (secondary N) is 2. The minimum absolute atomic E-state index is 0.0831. The Kier molecular flexibility index (Phi) is 5.81. The molecule has 6 heteroatoms. The second-order valence-corrected chi connectivity index (χ2v) is 6.13. The highest BCUT2D eigenvalue weighted by Gasteiger charge is 2.10. The van der Waals surface area contributed by atoms with E-state index in [0.717, 1.165) is 5.56 Å². The molecule has 0 fully saturated rings. The van der Waals surface area contributed by atoms with Crippen LogP contribution in [0.1, 0.15) is 26.3 Å². The molecule has 0 heterocycles. The summed E-state index contributed by atoms with van der Waals surface area (Å²) in [4.78, 5) is 35.7. The van der Waals surface area contributed by atoms with E-state index < -0.39 is 11.9 Å². The third-order valence-electron chi connectivity index (χ3n) is 3.98. The van der Waals surface area contributed by atoms with Crippen LogP contribution in [0.4, 0.5) is 11.4 Å². The van der Waals surface area contributed by atoms with Crippen LogP contribution < -0.4 is 10.6 Å². The van der Waals surface area contributed by atoms with E-state index in [-0.39, 0.29) is 17.9 Å². The maximum absolute atomic E-state index is 12.5. The predicted octanol–water partition coefficient (Wildman–Crippen LogP) is 3.82. The van der Waals surface area contributed by atoms with Gasteiger partial charge in [-0.05, 0) is 42.0 Å². The van der Waals surface area contributed by atoms with E-state index in [2.05, 4.69) is 10.6 Å². The van der Waals surface area contributed by atoms with Gasteiger partial charge in [-0.3, -0.25) is 9.59 Å². The van der Waals surface area contributed by atoms with E-state index in [1.54, 1.807) is 36.4 Å². The van der Waals surface area contributed by atoms with Gasteiger partial charge in [-0.15, -0.1) is 0 Å². The van der Waals surface area contributed by atoms with E-state index in [4.69, 9.17) is 5.11 Å². The zero-order valence-electron chi connectivity index (χ0n) is 14.9. The third kappa shape index (κ3) is 5.04. The van der Waals surface area contributed by atoms with Gasteiger partial charge < -0.3 is 15.7 Å². The molecule has 0 spiro atoms. The number of aromatic carboxylic acids is 1. The lowest BCUT2D eigenvalue weighted by Crippen LogP contribution is -2.16. The Labute approximate surface area is 161 Å². The number of anilines is 2. The van der Waals surface area contributed by atoms with Crippen LogP contribution in [-0.4, -0.2) is 22.9 Å². The second kappa shape index (κ2) is 8.64. The predicted molar refractivity (Wildman–Crippen MR) is 107 cm³/mol. The maximum Gasteiger partial charge on any atom is 0.335 e. The molecule has 0 aliphatic heterocycles. The molecule has 3 rings (SSSR count). The quantitative estimate of drug-likeness (QED) is 0.611. The van der Waals surface area contributed by atoms with Crippen LogP contribution in [0, 0.1) is 0 Å². The number of carboxylic acids is 1. The highest BCUT2D eigenvalue weighted by Crippen LogP contribution is 2.15. The molecule has 3 aromatic rings. The molecule has 0 aliphatic carbocycles. The van der Waals surface area contributed by atoms with Gasteiger partial charge in [0.15, 0.2) is 0 Å². The molecule has 0 aromatic heterocycles. The van der Waals surface area contributed by atoms with Gasteiger partial charge in [0.25, 0.3) is 5.91 Å². The lowest BCUT2D eigenvalue weighted by molar-refractivity contribution is -0.115. The minimum atomic E-state index is -1.07. The number of carbonyl (C=O) groups is 3. The van der Waals surface area contributed by atoms with Crippen molar-refractivity contribution in [2.75, 3.05) is 10.6 Å². The average Bonchev–Trinajstić information content (AvgIpc) is 2.69. The van der Waals surface area contributed by atoms with Gasteiger partial charge >= 0.3 is 5.97 Å². The Morgan fingerprint density at radius 2 is 1.32 bits per heavy atom. The second-order valence-electron chi connectivity index (χ2n) is 6.13. The van der Waals surface area contributed by atoms with Crippen molar-refractivity contribution in [3.05, 3.63) is 95.6 Å². The van der Waals surface area contributed by atoms with Gasteiger partial charge in [-0.25, -0.2) is 4.79 Å². The van der Waals surface area contributed by atoms with Crippen molar-refractivity contribution < 1.29 is 19.5 Å². The molecule has 28 heavy (non-hydrogen) atoms. The van der Waals surface area contributed by atoms with Crippen LogP contribution in [0.25, 0.3) is 0 Å². The number of rotatable bonds is 6. The van der Waals surface area contributed by atoms with Gasteiger partial charge in [-0.2, -0.15) is 0 Å². The van der Waals surface area contributed by atoms with Crippen LogP contribution in [0.3, 0.4) is 0 Å². The van der Waals surface area contributed by atoms with Crippen molar-refractivity contribution in [2.45, 2.75) is 6.42 Å². The molecular formula is C22H18N2O4. The molecule has 0 unspecified atom stereocenters. The fraction of sp³-hybridized carbons (Fsp3) is 0.0455. The van der Waals surface area contributed by atoms with Crippen molar-refractivity contribution in [2.24, 2.45) is 0 Å². The summed E-state index contributed by atoms with van der Waals surface area (Å²) in [6, 6.07) is 21.9. The van der Waals surface area contributed by atoms with Crippen molar-refractivity contribution >= 4 is 29.2 Å². The molecule has 0 bridgehead atoms. The number of amides is 2. The molecule has 140 valence electrons. The zero-order valence-corrected chi connectivity index (χ0v) is 14.9. The Morgan fingerprint density at radius 3 is 2.00 bits per heavy atom. The van der Waals surface area contributed by atoms with E-state index in [1.807, 2.05) is 30.3 Å². The lowest BCUT2D eigenvalue weighted by Gasteiger charge is -2.09. The summed E-state index contributed by atoms with van der Waals surface area (Å²) in [5, 5.41) is 14.5. The van der Waals surface area contributed by atoms with E-state index in [1.165, 1.54) is 12.1 Å². The van der Waals surface area contributed by atoms with E-state index in [9.17, 15) is 14.4 Å². The summed E-state index contributed by atoms with van der Waals surface area (Å²) in [5.41, 5.74) is 2.21. The standard InChI is InChI=1S/C22H18N2O4/c25-20(12-15-6-2-1-3-7-15)23-18-10-4-8-16(13-18)21(26)24-19-11-5-9-17(14-19)22(27)28/h1-11,13-14H,12H2,(H,23,25)(H,24,26)(H,27,28). The number of benzene rings is 3. The first-order valence-electron chi connectivity index (χ1n) is 8.60. The van der Waals surface area contributed by atoms with Gasteiger partial charge in [0.1, 0.15) is 0 Å². The molecule has 0 saturated heterocycles. The van der Waals surface area contributed by atoms with Crippen LogP contribution >= 0.6 is 0 Å². The third-order valence-corrected chi connectivity index (χ3v) is 3.98. The van der Waals surface area contributed by atoms with Crippen LogP contribution in [0.2, 0.25) is 0 Å². The SMILES string of the molecule is O=C(Cc1ccccc1)Nc1cccc(C(=O)Nc2cccc(C(=O)O)c2)c1. The topological polar surface area (TPSA) is 95.5 Å². The fourth-order valence-electron chi connectivity index (χ4n) is 2.66. The van der Waals surface area contributed by atoms with Crippen molar-refractivity contribution in [1.29, 1.82) is 0 Å². The van der Waals surface area contributed by atoms with Gasteiger partial charge in [0.2, 0.25) is 5.91 Å². The minimum Gasteiger partial charge on any atom is -0.478 e. The monoisotopic (exact) mass is 374 g/mol. The molecule has 6 nitrogen and oxygen atoms in total. The largest absolute Gasteiger partial charge is 0.478 e. The molecule has 0 radical (unpaired) electrons. The van der Waals surface area contributed by atoms with Crippen molar-refractivity contribution in [3.63, 3.8) is 0 Å². The Balaban J connectivity index is 1.67. The first kappa shape index (κ1) is 18.8. The number of carbonyl (C=O) groups excluding carboxylic acids is 2. The number of hydrogen-bond acceptors (Lipinski definition) is 3. The summed E-state index contributed by atoms with van der Waals surface area (Å²) in [6.45, 7) is 0. The molecule has 0 aliphatic rings. The summed E-state index contributed by atoms with van der Waals surface area (Å²) < 4.78 is 0. The summed E-state index contributed by atoms with van der Waals surface area (Å²) in [6.07, 6.45) is 0.235. The van der Waals surface area contributed by atoms with Gasteiger partial charge in [0, 0.05) is 16.9 Å². The lowest BCUT2D eigenvalue weighted by atomic mass is 10.1. The first-order valence-corrected chi connectivity index (χ1v) is 8.60. The summed E-state index contributed by atoms with van der Waals surface area (Å²) in [5.74, 6) is -1.65. The molecule has 2 amide bonds. The van der Waals surface area contributed by atoms with Crippen molar-refractivity contribution in [3.8, 4) is 0 Å². The first-order chi connectivity index (χ1) is 13.5. The molecular weight excluding hydrogens is 356 g/mol. The zero-order chi connectivity index (χ0) is 19.9. The fourth-order valence-corrected chi connectivity index (χ4v) is 2.66. The molecule has 0 saturated carbocycles. The van der Waals surface area contributed by atoms with Gasteiger partial charge in [0.05, 0.1) is 12.0 Å². The Morgan fingerprint density at radius 1 is 0.714 bits per heavy atom. The normalized spacial score (nSPS) is 10.1. The van der Waals surface area contributed by atoms with Gasteiger partial charge in [-0.1, -0.05) is 42.5 Å². The molecule has 0 atom stereocenters. The van der Waals surface area contributed by atoms with Crippen LogP contribution in [0.5, 0.6) is 0 Å². The smallest absolute Gasteiger partial charge is 0.335 e. The molecule has 3 N–H and O–H groups in total. The molecule has 3 aromatic carbocycles. The summed E-state index contributed by atoms with van der Waals surface area (Å²) >= 11 is 0. The van der Waals surface area contributed by atoms with Crippen LogP contribution in [0.15, 0.2) is 78.9 Å². The number of carboxylic acid groups (broad SMARTS) is 1. The highest BCUT2D eigenvalue weighted by molar-refractivity contribution is 6.06.